The molecule has 0 radical (unpaired) electrons. The van der Waals surface area contributed by atoms with Crippen LogP contribution in [0.4, 0.5) is 0 Å². The predicted octanol–water partition coefficient (Wildman–Crippen LogP) is 0.224. The topological polar surface area (TPSA) is 61.9 Å². The van der Waals surface area contributed by atoms with Crippen molar-refractivity contribution in [1.29, 1.82) is 0 Å². The van der Waals surface area contributed by atoms with E-state index in [2.05, 4.69) is 10.2 Å². The molecule has 0 aromatic carbocycles. The molecule has 0 spiro atoms. The second-order valence-electron chi connectivity index (χ2n) is 5.94. The zero-order chi connectivity index (χ0) is 15.2. The number of nitrogens with zero attached hydrogens (tertiary/aromatic N) is 2. The molecule has 120 valence electrons. The summed E-state index contributed by atoms with van der Waals surface area (Å²) in [5.41, 5.74) is 0. The standard InChI is InChI=1S/C15H27N3O3/c1-12(19)18-9-4-6-14(18)13-5-3-8-17(13)11-15(20)16-7-10-21-2/h13-14H,3-11H2,1-2H3,(H,16,20)/t13-,14-/m0/s1. The molecule has 2 aliphatic rings. The van der Waals surface area contributed by atoms with Crippen LogP contribution in [0.5, 0.6) is 0 Å². The highest BCUT2D eigenvalue weighted by atomic mass is 16.5. The van der Waals surface area contributed by atoms with Gasteiger partial charge in [0.05, 0.1) is 13.2 Å². The van der Waals surface area contributed by atoms with E-state index in [-0.39, 0.29) is 17.9 Å². The Morgan fingerprint density at radius 3 is 2.62 bits per heavy atom. The minimum Gasteiger partial charge on any atom is -0.383 e. The number of hydrogen-bond acceptors (Lipinski definition) is 4. The molecule has 2 fully saturated rings. The average molecular weight is 297 g/mol. The molecule has 2 saturated heterocycles. The molecule has 0 aliphatic carbocycles. The summed E-state index contributed by atoms with van der Waals surface area (Å²) in [6.45, 7) is 4.98. The summed E-state index contributed by atoms with van der Waals surface area (Å²) in [6, 6.07) is 0.626. The first kappa shape index (κ1) is 16.2. The highest BCUT2D eigenvalue weighted by Crippen LogP contribution is 2.29. The summed E-state index contributed by atoms with van der Waals surface area (Å²) < 4.78 is 4.93. The van der Waals surface area contributed by atoms with E-state index in [0.29, 0.717) is 25.7 Å². The smallest absolute Gasteiger partial charge is 0.234 e. The molecule has 2 rings (SSSR count). The van der Waals surface area contributed by atoms with Crippen molar-refractivity contribution in [2.45, 2.75) is 44.7 Å². The maximum Gasteiger partial charge on any atom is 0.234 e. The van der Waals surface area contributed by atoms with Gasteiger partial charge in [-0.3, -0.25) is 14.5 Å². The number of carbonyl (C=O) groups excluding carboxylic acids is 2. The Kier molecular flexibility index (Phi) is 5.99. The van der Waals surface area contributed by atoms with Crippen molar-refractivity contribution in [2.24, 2.45) is 0 Å². The number of carbonyl (C=O) groups is 2. The second kappa shape index (κ2) is 7.75. The molecule has 2 atom stereocenters. The van der Waals surface area contributed by atoms with Gasteiger partial charge in [0.2, 0.25) is 11.8 Å². The predicted molar refractivity (Wildman–Crippen MR) is 79.9 cm³/mol. The third-order valence-electron chi connectivity index (χ3n) is 4.54. The van der Waals surface area contributed by atoms with Crippen LogP contribution >= 0.6 is 0 Å². The molecular formula is C15H27N3O3. The van der Waals surface area contributed by atoms with Crippen molar-refractivity contribution in [3.8, 4) is 0 Å². The summed E-state index contributed by atoms with van der Waals surface area (Å²) in [6.07, 6.45) is 4.33. The van der Waals surface area contributed by atoms with Crippen molar-refractivity contribution in [2.75, 3.05) is 39.9 Å². The van der Waals surface area contributed by atoms with Gasteiger partial charge in [-0.1, -0.05) is 0 Å². The Morgan fingerprint density at radius 2 is 1.90 bits per heavy atom. The Bertz CT molecular complexity index is 375. The molecule has 0 aromatic rings. The Balaban J connectivity index is 1.88. The lowest BCUT2D eigenvalue weighted by molar-refractivity contribution is -0.130. The van der Waals surface area contributed by atoms with E-state index in [4.69, 9.17) is 4.74 Å². The number of amides is 2. The minimum absolute atomic E-state index is 0.0475. The van der Waals surface area contributed by atoms with Crippen molar-refractivity contribution < 1.29 is 14.3 Å². The van der Waals surface area contributed by atoms with Crippen LogP contribution in [0.1, 0.15) is 32.6 Å². The van der Waals surface area contributed by atoms with E-state index in [1.165, 1.54) is 0 Å². The van der Waals surface area contributed by atoms with E-state index < -0.39 is 0 Å². The van der Waals surface area contributed by atoms with Gasteiger partial charge < -0.3 is 15.0 Å². The third kappa shape index (κ3) is 4.17. The van der Waals surface area contributed by atoms with Gasteiger partial charge in [0, 0.05) is 39.2 Å². The van der Waals surface area contributed by atoms with Crippen LogP contribution in [0, 0.1) is 0 Å². The van der Waals surface area contributed by atoms with Crippen LogP contribution in [0.2, 0.25) is 0 Å². The van der Waals surface area contributed by atoms with E-state index in [9.17, 15) is 9.59 Å². The van der Waals surface area contributed by atoms with Gasteiger partial charge >= 0.3 is 0 Å². The lowest BCUT2D eigenvalue weighted by atomic mass is 10.0. The van der Waals surface area contributed by atoms with Gasteiger partial charge in [0.25, 0.3) is 0 Å². The molecule has 6 nitrogen and oxygen atoms in total. The average Bonchev–Trinajstić information content (AvgIpc) is 3.06. The fourth-order valence-electron chi connectivity index (χ4n) is 3.60. The molecule has 2 amide bonds. The molecule has 2 heterocycles. The van der Waals surface area contributed by atoms with Crippen LogP contribution in [0.3, 0.4) is 0 Å². The molecule has 2 aliphatic heterocycles. The zero-order valence-electron chi connectivity index (χ0n) is 13.1. The van der Waals surface area contributed by atoms with Crippen LogP contribution in [0.25, 0.3) is 0 Å². The first-order valence-corrected chi connectivity index (χ1v) is 7.90. The summed E-state index contributed by atoms with van der Waals surface area (Å²) in [4.78, 5) is 27.9. The van der Waals surface area contributed by atoms with Gasteiger partial charge in [-0.2, -0.15) is 0 Å². The van der Waals surface area contributed by atoms with Crippen molar-refractivity contribution in [3.05, 3.63) is 0 Å². The maximum atomic E-state index is 12.0. The number of nitrogens with one attached hydrogen (secondary N) is 1. The highest BCUT2D eigenvalue weighted by molar-refractivity contribution is 5.78. The van der Waals surface area contributed by atoms with Gasteiger partial charge in [0.15, 0.2) is 0 Å². The molecule has 1 N–H and O–H groups in total. The Hall–Kier alpha value is -1.14. The molecular weight excluding hydrogens is 270 g/mol. The maximum absolute atomic E-state index is 12.0. The molecule has 0 saturated carbocycles. The number of hydrogen-bond donors (Lipinski definition) is 1. The molecule has 0 aromatic heterocycles. The summed E-state index contributed by atoms with van der Waals surface area (Å²) >= 11 is 0. The fourth-order valence-corrected chi connectivity index (χ4v) is 3.60. The number of likely N-dealkylation sites (tertiary alicyclic amines) is 2. The van der Waals surface area contributed by atoms with Crippen LogP contribution < -0.4 is 5.32 Å². The van der Waals surface area contributed by atoms with E-state index in [1.54, 1.807) is 14.0 Å². The minimum atomic E-state index is 0.0475. The van der Waals surface area contributed by atoms with Crippen molar-refractivity contribution in [1.82, 2.24) is 15.1 Å². The number of ether oxygens (including phenoxy) is 1. The van der Waals surface area contributed by atoms with Crippen LogP contribution in [-0.2, 0) is 14.3 Å². The lowest BCUT2D eigenvalue weighted by Gasteiger charge is -2.34. The normalized spacial score (nSPS) is 26.3. The molecule has 0 unspecified atom stereocenters. The second-order valence-corrected chi connectivity index (χ2v) is 5.94. The first-order valence-electron chi connectivity index (χ1n) is 7.90. The number of methoxy groups -OCH3 is 1. The van der Waals surface area contributed by atoms with E-state index >= 15 is 0 Å². The molecule has 0 bridgehead atoms. The molecule has 6 heteroatoms. The Morgan fingerprint density at radius 1 is 1.19 bits per heavy atom. The lowest BCUT2D eigenvalue weighted by Crippen LogP contribution is -2.50. The van der Waals surface area contributed by atoms with Crippen molar-refractivity contribution >= 4 is 11.8 Å². The summed E-state index contributed by atoms with van der Waals surface area (Å²) in [7, 11) is 1.62. The van der Waals surface area contributed by atoms with Gasteiger partial charge in [-0.25, -0.2) is 0 Å². The monoisotopic (exact) mass is 297 g/mol. The van der Waals surface area contributed by atoms with Gasteiger partial charge in [-0.05, 0) is 32.2 Å². The summed E-state index contributed by atoms with van der Waals surface area (Å²) in [5, 5.41) is 2.87. The van der Waals surface area contributed by atoms with Gasteiger partial charge in [0.1, 0.15) is 0 Å². The fraction of sp³-hybridized carbons (Fsp3) is 0.867. The zero-order valence-corrected chi connectivity index (χ0v) is 13.1. The highest BCUT2D eigenvalue weighted by Gasteiger charge is 2.39. The van der Waals surface area contributed by atoms with E-state index in [0.717, 1.165) is 38.8 Å². The number of rotatable bonds is 6. The SMILES string of the molecule is COCCNC(=O)CN1CCC[C@H]1[C@@H]1CCCN1C(C)=O. The van der Waals surface area contributed by atoms with Crippen LogP contribution in [-0.4, -0.2) is 73.6 Å². The molecule has 21 heavy (non-hydrogen) atoms. The third-order valence-corrected chi connectivity index (χ3v) is 4.54. The van der Waals surface area contributed by atoms with E-state index in [1.807, 2.05) is 4.90 Å². The Labute approximate surface area is 126 Å². The quantitative estimate of drug-likeness (QED) is 0.713. The first-order chi connectivity index (χ1) is 10.1. The summed E-state index contributed by atoms with van der Waals surface area (Å²) in [5.74, 6) is 0.209. The van der Waals surface area contributed by atoms with Crippen LogP contribution in [0.15, 0.2) is 0 Å². The van der Waals surface area contributed by atoms with Crippen molar-refractivity contribution in [3.63, 3.8) is 0 Å². The largest absolute Gasteiger partial charge is 0.383 e. The van der Waals surface area contributed by atoms with Gasteiger partial charge in [-0.15, -0.1) is 0 Å².